The van der Waals surface area contributed by atoms with Gasteiger partial charge in [-0.05, 0) is 30.3 Å². The van der Waals surface area contributed by atoms with Crippen molar-refractivity contribution in [1.29, 1.82) is 0 Å². The van der Waals surface area contributed by atoms with Gasteiger partial charge < -0.3 is 0 Å². The van der Waals surface area contributed by atoms with Gasteiger partial charge in [0.25, 0.3) is 11.8 Å². The molecule has 0 unspecified atom stereocenters. The van der Waals surface area contributed by atoms with Crippen molar-refractivity contribution in [3.05, 3.63) is 53.9 Å². The number of hydrogen-bond acceptors (Lipinski definition) is 5. The van der Waals surface area contributed by atoms with Gasteiger partial charge in [-0.15, -0.1) is 0 Å². The largest absolute Gasteiger partial charge is 0.284 e. The number of nitrogens with one attached hydrogen (secondary N) is 1. The molecular formula is C14H11N3O4S. The zero-order valence-corrected chi connectivity index (χ0v) is 12.3. The van der Waals surface area contributed by atoms with Gasteiger partial charge in [0.2, 0.25) is 10.0 Å². The second-order valence-electron chi connectivity index (χ2n) is 4.77. The van der Waals surface area contributed by atoms with E-state index in [1.165, 1.54) is 24.4 Å². The topological polar surface area (TPSA) is 96.4 Å². The standard InChI is InChI=1S/C14H11N3O4S/c1-22(20,21)16-9-4-2-5-10(8-9)17-13(18)11-6-3-7-15-12(11)14(17)19/h2-8,16H,1H3. The number of carbonyl (C=O) groups is 2. The molecule has 0 bridgehead atoms. The van der Waals surface area contributed by atoms with Crippen LogP contribution in [-0.2, 0) is 10.0 Å². The van der Waals surface area contributed by atoms with E-state index in [2.05, 4.69) is 9.71 Å². The molecule has 3 rings (SSSR count). The summed E-state index contributed by atoms with van der Waals surface area (Å²) >= 11 is 0. The molecule has 2 amide bonds. The molecule has 0 fully saturated rings. The first-order chi connectivity index (χ1) is 10.4. The van der Waals surface area contributed by atoms with Crippen molar-refractivity contribution in [2.45, 2.75) is 0 Å². The molecule has 0 saturated heterocycles. The molecule has 1 N–H and O–H groups in total. The Labute approximate surface area is 126 Å². The molecule has 0 atom stereocenters. The molecule has 1 aliphatic rings. The first kappa shape index (κ1) is 14.2. The normalized spacial score (nSPS) is 14.1. The van der Waals surface area contributed by atoms with Gasteiger partial charge in [0, 0.05) is 6.20 Å². The molecule has 0 saturated carbocycles. The molecular weight excluding hydrogens is 306 g/mol. The average molecular weight is 317 g/mol. The lowest BCUT2D eigenvalue weighted by Crippen LogP contribution is -2.29. The predicted molar refractivity (Wildman–Crippen MR) is 80.3 cm³/mol. The number of rotatable bonds is 3. The lowest BCUT2D eigenvalue weighted by Gasteiger charge is -2.15. The van der Waals surface area contributed by atoms with Gasteiger partial charge >= 0.3 is 0 Å². The smallest absolute Gasteiger partial charge is 0.284 e. The molecule has 1 aliphatic heterocycles. The SMILES string of the molecule is CS(=O)(=O)Nc1cccc(N2C(=O)c3cccnc3C2=O)c1. The summed E-state index contributed by atoms with van der Waals surface area (Å²) in [7, 11) is -3.45. The van der Waals surface area contributed by atoms with E-state index in [-0.39, 0.29) is 22.6 Å². The van der Waals surface area contributed by atoms with E-state index >= 15 is 0 Å². The van der Waals surface area contributed by atoms with E-state index < -0.39 is 21.8 Å². The number of benzene rings is 1. The van der Waals surface area contributed by atoms with Crippen LogP contribution in [0.5, 0.6) is 0 Å². The summed E-state index contributed by atoms with van der Waals surface area (Å²) in [4.78, 5) is 29.5. The zero-order chi connectivity index (χ0) is 15.9. The Morgan fingerprint density at radius 3 is 2.55 bits per heavy atom. The third kappa shape index (κ3) is 2.44. The number of sulfonamides is 1. The van der Waals surface area contributed by atoms with Crippen molar-refractivity contribution in [3.63, 3.8) is 0 Å². The highest BCUT2D eigenvalue weighted by Crippen LogP contribution is 2.28. The molecule has 112 valence electrons. The molecule has 22 heavy (non-hydrogen) atoms. The van der Waals surface area contributed by atoms with Crippen LogP contribution in [0.15, 0.2) is 42.6 Å². The van der Waals surface area contributed by atoms with E-state index in [0.29, 0.717) is 0 Å². The number of carbonyl (C=O) groups excluding carboxylic acids is 2. The van der Waals surface area contributed by atoms with Crippen molar-refractivity contribution in [3.8, 4) is 0 Å². The van der Waals surface area contributed by atoms with Crippen molar-refractivity contribution < 1.29 is 18.0 Å². The van der Waals surface area contributed by atoms with Crippen LogP contribution >= 0.6 is 0 Å². The Hall–Kier alpha value is -2.74. The quantitative estimate of drug-likeness (QED) is 0.860. The number of pyridine rings is 1. The van der Waals surface area contributed by atoms with Crippen LogP contribution < -0.4 is 9.62 Å². The van der Waals surface area contributed by atoms with E-state index in [1.54, 1.807) is 18.2 Å². The van der Waals surface area contributed by atoms with Crippen molar-refractivity contribution in [2.24, 2.45) is 0 Å². The number of nitrogens with zero attached hydrogens (tertiary/aromatic N) is 2. The van der Waals surface area contributed by atoms with Gasteiger partial charge in [-0.25, -0.2) is 13.3 Å². The van der Waals surface area contributed by atoms with Crippen LogP contribution in [0, 0.1) is 0 Å². The monoisotopic (exact) mass is 317 g/mol. The lowest BCUT2D eigenvalue weighted by molar-refractivity contribution is 0.0924. The molecule has 2 aromatic rings. The highest BCUT2D eigenvalue weighted by Gasteiger charge is 2.37. The molecule has 8 heteroatoms. The second kappa shape index (κ2) is 4.92. The van der Waals surface area contributed by atoms with E-state index in [0.717, 1.165) is 11.2 Å². The van der Waals surface area contributed by atoms with Crippen LogP contribution in [-0.4, -0.2) is 31.5 Å². The zero-order valence-electron chi connectivity index (χ0n) is 11.5. The third-order valence-electron chi connectivity index (χ3n) is 3.05. The minimum absolute atomic E-state index is 0.0916. The highest BCUT2D eigenvalue weighted by atomic mass is 32.2. The fraction of sp³-hybridized carbons (Fsp3) is 0.0714. The van der Waals surface area contributed by atoms with Gasteiger partial charge in [-0.1, -0.05) is 6.07 Å². The number of hydrogen-bond donors (Lipinski definition) is 1. The Bertz CT molecular complexity index is 857. The summed E-state index contributed by atoms with van der Waals surface area (Å²) in [5.74, 6) is -1.01. The summed E-state index contributed by atoms with van der Waals surface area (Å²) in [5.41, 5.74) is 0.870. The number of imide groups is 1. The van der Waals surface area contributed by atoms with Crippen molar-refractivity contribution in [1.82, 2.24) is 4.98 Å². The molecule has 0 aliphatic carbocycles. The summed E-state index contributed by atoms with van der Waals surface area (Å²) in [6.07, 6.45) is 2.46. The summed E-state index contributed by atoms with van der Waals surface area (Å²) in [5, 5.41) is 0. The Morgan fingerprint density at radius 2 is 1.86 bits per heavy atom. The summed E-state index contributed by atoms with van der Waals surface area (Å²) in [6, 6.07) is 9.16. The molecule has 0 spiro atoms. The second-order valence-corrected chi connectivity index (χ2v) is 6.52. The van der Waals surface area contributed by atoms with Crippen LogP contribution in [0.4, 0.5) is 11.4 Å². The number of fused-ring (bicyclic) bond motifs is 1. The number of amides is 2. The molecule has 0 radical (unpaired) electrons. The van der Waals surface area contributed by atoms with E-state index in [1.807, 2.05) is 0 Å². The predicted octanol–water partition coefficient (Wildman–Crippen LogP) is 1.25. The Balaban J connectivity index is 2.01. The van der Waals surface area contributed by atoms with E-state index in [9.17, 15) is 18.0 Å². The molecule has 1 aromatic heterocycles. The maximum Gasteiger partial charge on any atom is 0.284 e. The first-order valence-corrected chi connectivity index (χ1v) is 8.17. The van der Waals surface area contributed by atoms with Gasteiger partial charge in [0.05, 0.1) is 23.2 Å². The maximum atomic E-state index is 12.3. The maximum absolute atomic E-state index is 12.3. The van der Waals surface area contributed by atoms with Gasteiger partial charge in [-0.3, -0.25) is 19.3 Å². The van der Waals surface area contributed by atoms with E-state index in [4.69, 9.17) is 0 Å². The fourth-order valence-electron chi connectivity index (χ4n) is 2.22. The van der Waals surface area contributed by atoms with Crippen LogP contribution in [0.3, 0.4) is 0 Å². The Morgan fingerprint density at radius 1 is 1.09 bits per heavy atom. The van der Waals surface area contributed by atoms with Gasteiger partial charge in [-0.2, -0.15) is 0 Å². The summed E-state index contributed by atoms with van der Waals surface area (Å²) < 4.78 is 24.8. The van der Waals surface area contributed by atoms with Crippen LogP contribution in [0.2, 0.25) is 0 Å². The lowest BCUT2D eigenvalue weighted by atomic mass is 10.2. The molecule has 7 nitrogen and oxygen atoms in total. The van der Waals surface area contributed by atoms with Crippen LogP contribution in [0.1, 0.15) is 20.8 Å². The first-order valence-electron chi connectivity index (χ1n) is 6.28. The molecule has 1 aromatic carbocycles. The van der Waals surface area contributed by atoms with Gasteiger partial charge in [0.15, 0.2) is 0 Å². The van der Waals surface area contributed by atoms with Gasteiger partial charge in [0.1, 0.15) is 5.69 Å². The molecule has 2 heterocycles. The van der Waals surface area contributed by atoms with Crippen molar-refractivity contribution >= 4 is 33.2 Å². The number of aromatic nitrogens is 1. The van der Waals surface area contributed by atoms with Crippen LogP contribution in [0.25, 0.3) is 0 Å². The fourth-order valence-corrected chi connectivity index (χ4v) is 2.78. The minimum Gasteiger partial charge on any atom is -0.284 e. The highest BCUT2D eigenvalue weighted by molar-refractivity contribution is 7.92. The average Bonchev–Trinajstić information content (AvgIpc) is 2.70. The summed E-state index contributed by atoms with van der Waals surface area (Å²) in [6.45, 7) is 0. The van der Waals surface area contributed by atoms with Crippen molar-refractivity contribution in [2.75, 3.05) is 15.9 Å². The minimum atomic E-state index is -3.45. The number of anilines is 2. The Kier molecular flexibility index (Phi) is 3.18. The third-order valence-corrected chi connectivity index (χ3v) is 3.66.